The van der Waals surface area contributed by atoms with Gasteiger partial charge in [-0.3, -0.25) is 0 Å². The molecule has 19 heavy (non-hydrogen) atoms. The lowest BCUT2D eigenvalue weighted by Gasteiger charge is -2.11. The molecule has 2 rings (SSSR count). The Hall–Kier alpha value is -1.41. The SMILES string of the molecule is Cc1nonc1CSc1nnc(CN)n1CC(C)C. The molecule has 104 valence electrons. The summed E-state index contributed by atoms with van der Waals surface area (Å²) < 4.78 is 6.75. The van der Waals surface area contributed by atoms with Gasteiger partial charge < -0.3 is 10.3 Å². The number of nitrogens with two attached hydrogens (primary N) is 1. The summed E-state index contributed by atoms with van der Waals surface area (Å²) in [4.78, 5) is 0. The summed E-state index contributed by atoms with van der Waals surface area (Å²) in [5.41, 5.74) is 7.32. The van der Waals surface area contributed by atoms with Crippen molar-refractivity contribution in [2.75, 3.05) is 0 Å². The first-order chi connectivity index (χ1) is 9.11. The number of aryl methyl sites for hydroxylation is 1. The van der Waals surface area contributed by atoms with E-state index >= 15 is 0 Å². The highest BCUT2D eigenvalue weighted by molar-refractivity contribution is 7.98. The van der Waals surface area contributed by atoms with Crippen molar-refractivity contribution >= 4 is 11.8 Å². The molecule has 0 aliphatic heterocycles. The summed E-state index contributed by atoms with van der Waals surface area (Å²) in [6.45, 7) is 7.43. The second kappa shape index (κ2) is 6.16. The van der Waals surface area contributed by atoms with E-state index in [2.05, 4.69) is 43.6 Å². The molecule has 0 aliphatic rings. The quantitative estimate of drug-likeness (QED) is 0.799. The molecule has 2 aromatic heterocycles. The van der Waals surface area contributed by atoms with Crippen LogP contribution in [0.1, 0.15) is 31.1 Å². The molecule has 0 radical (unpaired) electrons. The Labute approximate surface area is 115 Å². The zero-order valence-corrected chi connectivity index (χ0v) is 12.1. The average molecular weight is 282 g/mol. The lowest BCUT2D eigenvalue weighted by molar-refractivity contribution is 0.302. The van der Waals surface area contributed by atoms with E-state index in [1.54, 1.807) is 11.8 Å². The molecule has 0 unspecified atom stereocenters. The van der Waals surface area contributed by atoms with Gasteiger partial charge in [-0.05, 0) is 12.8 Å². The maximum atomic E-state index is 5.68. The minimum atomic E-state index is 0.394. The summed E-state index contributed by atoms with van der Waals surface area (Å²) in [6, 6.07) is 0. The largest absolute Gasteiger partial charge is 0.324 e. The molecular weight excluding hydrogens is 264 g/mol. The molecule has 2 N–H and O–H groups in total. The van der Waals surface area contributed by atoms with Crippen molar-refractivity contribution in [2.24, 2.45) is 11.7 Å². The van der Waals surface area contributed by atoms with Crippen molar-refractivity contribution in [3.05, 3.63) is 17.2 Å². The molecule has 0 fully saturated rings. The standard InChI is InChI=1S/C11H18N6OS/c1-7(2)5-17-10(4-12)13-14-11(17)19-6-9-8(3)15-18-16-9/h7H,4-6,12H2,1-3H3. The number of thioether (sulfide) groups is 1. The zero-order valence-electron chi connectivity index (χ0n) is 11.3. The fourth-order valence-electron chi connectivity index (χ4n) is 1.64. The number of hydrogen-bond acceptors (Lipinski definition) is 7. The third-order valence-electron chi connectivity index (χ3n) is 2.61. The van der Waals surface area contributed by atoms with Crippen LogP contribution in [0.5, 0.6) is 0 Å². The van der Waals surface area contributed by atoms with Gasteiger partial charge >= 0.3 is 0 Å². The van der Waals surface area contributed by atoms with Crippen molar-refractivity contribution < 1.29 is 4.63 Å². The van der Waals surface area contributed by atoms with E-state index in [1.165, 1.54) is 0 Å². The number of rotatable bonds is 6. The van der Waals surface area contributed by atoms with Crippen LogP contribution in [-0.2, 0) is 18.8 Å². The predicted octanol–water partition coefficient (Wildman–Crippen LogP) is 1.38. The Bertz CT molecular complexity index is 535. The maximum absolute atomic E-state index is 5.68. The molecule has 2 aromatic rings. The van der Waals surface area contributed by atoms with Crippen molar-refractivity contribution in [3.8, 4) is 0 Å². The summed E-state index contributed by atoms with van der Waals surface area (Å²) in [5, 5.41) is 16.8. The molecule has 0 spiro atoms. The Morgan fingerprint density at radius 2 is 2.11 bits per heavy atom. The Kier molecular flexibility index (Phi) is 4.54. The summed E-state index contributed by atoms with van der Waals surface area (Å²) >= 11 is 1.57. The molecule has 0 saturated heterocycles. The fraction of sp³-hybridized carbons (Fsp3) is 0.636. The number of aromatic nitrogens is 5. The van der Waals surface area contributed by atoms with Gasteiger partial charge in [0.15, 0.2) is 5.16 Å². The molecule has 0 bridgehead atoms. The lowest BCUT2D eigenvalue weighted by atomic mass is 10.2. The third-order valence-corrected chi connectivity index (χ3v) is 3.59. The molecule has 0 amide bonds. The van der Waals surface area contributed by atoms with Crippen LogP contribution in [0.2, 0.25) is 0 Å². The maximum Gasteiger partial charge on any atom is 0.191 e. The van der Waals surface area contributed by atoms with Crippen LogP contribution in [0.3, 0.4) is 0 Å². The van der Waals surface area contributed by atoms with E-state index in [1.807, 2.05) is 6.92 Å². The first-order valence-corrected chi connectivity index (χ1v) is 7.13. The van der Waals surface area contributed by atoms with E-state index < -0.39 is 0 Å². The van der Waals surface area contributed by atoms with Gasteiger partial charge in [0.25, 0.3) is 0 Å². The molecule has 0 aromatic carbocycles. The number of hydrogen-bond donors (Lipinski definition) is 1. The highest BCUT2D eigenvalue weighted by atomic mass is 32.2. The van der Waals surface area contributed by atoms with Gasteiger partial charge in [-0.1, -0.05) is 35.9 Å². The topological polar surface area (TPSA) is 95.7 Å². The molecule has 0 aliphatic carbocycles. The minimum Gasteiger partial charge on any atom is -0.324 e. The van der Waals surface area contributed by atoms with E-state index in [0.717, 1.165) is 28.9 Å². The molecule has 7 nitrogen and oxygen atoms in total. The van der Waals surface area contributed by atoms with Gasteiger partial charge in [-0.25, -0.2) is 4.63 Å². The molecule has 0 saturated carbocycles. The van der Waals surface area contributed by atoms with Gasteiger partial charge in [0.2, 0.25) is 0 Å². The van der Waals surface area contributed by atoms with Crippen LogP contribution < -0.4 is 5.73 Å². The van der Waals surface area contributed by atoms with Crippen LogP contribution in [0, 0.1) is 12.8 Å². The summed E-state index contributed by atoms with van der Waals surface area (Å²) in [5.74, 6) is 1.98. The first-order valence-electron chi connectivity index (χ1n) is 6.14. The Morgan fingerprint density at radius 1 is 1.32 bits per heavy atom. The van der Waals surface area contributed by atoms with Crippen molar-refractivity contribution in [2.45, 2.75) is 44.8 Å². The van der Waals surface area contributed by atoms with Gasteiger partial charge in [0.1, 0.15) is 17.2 Å². The monoisotopic (exact) mass is 282 g/mol. The van der Waals surface area contributed by atoms with E-state index in [4.69, 9.17) is 5.73 Å². The third kappa shape index (κ3) is 3.32. The van der Waals surface area contributed by atoms with Crippen LogP contribution >= 0.6 is 11.8 Å². The minimum absolute atomic E-state index is 0.394. The van der Waals surface area contributed by atoms with E-state index in [0.29, 0.717) is 18.2 Å². The fourth-order valence-corrected chi connectivity index (χ4v) is 2.60. The molecule has 2 heterocycles. The normalized spacial score (nSPS) is 11.4. The van der Waals surface area contributed by atoms with Gasteiger partial charge in [0, 0.05) is 12.3 Å². The second-order valence-electron chi connectivity index (χ2n) is 4.69. The van der Waals surface area contributed by atoms with Crippen molar-refractivity contribution in [1.82, 2.24) is 25.1 Å². The molecule has 0 atom stereocenters. The highest BCUT2D eigenvalue weighted by Gasteiger charge is 2.14. The average Bonchev–Trinajstić information content (AvgIpc) is 2.93. The number of nitrogens with zero attached hydrogens (tertiary/aromatic N) is 5. The van der Waals surface area contributed by atoms with Crippen LogP contribution in [0.4, 0.5) is 0 Å². The summed E-state index contributed by atoms with van der Waals surface area (Å²) in [6.07, 6.45) is 0. The summed E-state index contributed by atoms with van der Waals surface area (Å²) in [7, 11) is 0. The van der Waals surface area contributed by atoms with E-state index in [9.17, 15) is 0 Å². The predicted molar refractivity (Wildman–Crippen MR) is 71.3 cm³/mol. The zero-order chi connectivity index (χ0) is 13.8. The van der Waals surface area contributed by atoms with Gasteiger partial charge in [-0.2, -0.15) is 0 Å². The second-order valence-corrected chi connectivity index (χ2v) is 5.63. The van der Waals surface area contributed by atoms with Crippen LogP contribution in [0.15, 0.2) is 9.79 Å². The molecule has 8 heteroatoms. The molecular formula is C11H18N6OS. The lowest BCUT2D eigenvalue weighted by Crippen LogP contribution is -2.12. The van der Waals surface area contributed by atoms with Gasteiger partial charge in [0.05, 0.1) is 6.54 Å². The Morgan fingerprint density at radius 3 is 2.68 bits per heavy atom. The smallest absolute Gasteiger partial charge is 0.191 e. The van der Waals surface area contributed by atoms with Crippen LogP contribution in [0.25, 0.3) is 0 Å². The van der Waals surface area contributed by atoms with Crippen LogP contribution in [-0.4, -0.2) is 25.1 Å². The van der Waals surface area contributed by atoms with Gasteiger partial charge in [-0.15, -0.1) is 10.2 Å². The first kappa shape index (κ1) is 14.0. The van der Waals surface area contributed by atoms with Crippen molar-refractivity contribution in [3.63, 3.8) is 0 Å². The highest BCUT2D eigenvalue weighted by Crippen LogP contribution is 2.23. The van der Waals surface area contributed by atoms with Crippen molar-refractivity contribution in [1.29, 1.82) is 0 Å². The Balaban J connectivity index is 2.11. The van der Waals surface area contributed by atoms with E-state index in [-0.39, 0.29) is 0 Å².